The Bertz CT molecular complexity index is 883. The van der Waals surface area contributed by atoms with Crippen molar-refractivity contribution in [2.45, 2.75) is 58.4 Å². The molecule has 0 unspecified atom stereocenters. The third-order valence-corrected chi connectivity index (χ3v) is 6.02. The summed E-state index contributed by atoms with van der Waals surface area (Å²) in [4.78, 5) is 4.22. The highest BCUT2D eigenvalue weighted by Gasteiger charge is 2.35. The maximum absolute atomic E-state index is 4.34. The van der Waals surface area contributed by atoms with Crippen LogP contribution in [0.2, 0.25) is 0 Å². The SMILES string of the molecule is C=CN=C(C)/C=C1/C=CC(c2cc(C(=C)NC3(CC)CCC3)ccc2C)=CC1. The van der Waals surface area contributed by atoms with Gasteiger partial charge in [-0.2, -0.15) is 0 Å². The van der Waals surface area contributed by atoms with Crippen LogP contribution in [0.4, 0.5) is 0 Å². The Hall–Kier alpha value is -2.61. The van der Waals surface area contributed by atoms with Crippen molar-refractivity contribution in [3.8, 4) is 0 Å². The number of nitrogens with one attached hydrogen (secondary N) is 1. The summed E-state index contributed by atoms with van der Waals surface area (Å²) in [6.07, 6.45) is 16.3. The standard InChI is InChI=1S/C26H32N2/c1-6-26(15-8-16-26)28-21(5)24-12-9-19(3)25(18-24)23-13-10-22(11-14-23)17-20(4)27-7-2/h7,9-10,12-14,17-18,28H,2,5-6,8,11,15-16H2,1,3-4H3/b22-17-,27-20?. The molecule has 0 heterocycles. The smallest absolute Gasteiger partial charge is 0.0375 e. The monoisotopic (exact) mass is 372 g/mol. The van der Waals surface area contributed by atoms with Crippen molar-refractivity contribution in [3.05, 3.63) is 84.1 Å². The summed E-state index contributed by atoms with van der Waals surface area (Å²) >= 11 is 0. The van der Waals surface area contributed by atoms with Gasteiger partial charge in [-0.1, -0.05) is 50.4 Å². The maximum Gasteiger partial charge on any atom is 0.0375 e. The van der Waals surface area contributed by atoms with Gasteiger partial charge >= 0.3 is 0 Å². The number of hydrogen-bond donors (Lipinski definition) is 1. The Kier molecular flexibility index (Phi) is 6.18. The zero-order valence-corrected chi connectivity index (χ0v) is 17.5. The van der Waals surface area contributed by atoms with E-state index in [1.807, 2.05) is 6.92 Å². The van der Waals surface area contributed by atoms with Gasteiger partial charge in [-0.25, -0.2) is 0 Å². The van der Waals surface area contributed by atoms with E-state index < -0.39 is 0 Å². The summed E-state index contributed by atoms with van der Waals surface area (Å²) in [6.45, 7) is 14.4. The minimum atomic E-state index is 0.261. The predicted molar refractivity (Wildman–Crippen MR) is 123 cm³/mol. The molecule has 3 rings (SSSR count). The lowest BCUT2D eigenvalue weighted by atomic mass is 9.74. The first kappa shape index (κ1) is 20.1. The minimum Gasteiger partial charge on any atom is -0.380 e. The summed E-state index contributed by atoms with van der Waals surface area (Å²) in [5.41, 5.74) is 8.58. The van der Waals surface area contributed by atoms with Crippen LogP contribution in [0, 0.1) is 6.92 Å². The van der Waals surface area contributed by atoms with Crippen LogP contribution in [-0.4, -0.2) is 11.3 Å². The molecule has 146 valence electrons. The summed E-state index contributed by atoms with van der Waals surface area (Å²) < 4.78 is 0. The largest absolute Gasteiger partial charge is 0.380 e. The molecule has 2 aliphatic rings. The Balaban J connectivity index is 1.78. The fourth-order valence-corrected chi connectivity index (χ4v) is 4.00. The molecule has 1 aromatic carbocycles. The van der Waals surface area contributed by atoms with Crippen molar-refractivity contribution in [1.29, 1.82) is 0 Å². The molecule has 1 N–H and O–H groups in total. The normalized spacial score (nSPS) is 19.8. The van der Waals surface area contributed by atoms with Crippen molar-refractivity contribution in [1.82, 2.24) is 5.32 Å². The first-order chi connectivity index (χ1) is 13.5. The minimum absolute atomic E-state index is 0.261. The van der Waals surface area contributed by atoms with E-state index in [0.717, 1.165) is 24.3 Å². The van der Waals surface area contributed by atoms with Crippen LogP contribution in [0.1, 0.15) is 62.6 Å². The number of hydrogen-bond acceptors (Lipinski definition) is 2. The van der Waals surface area contributed by atoms with E-state index in [1.54, 1.807) is 6.20 Å². The number of rotatable bonds is 7. The number of benzene rings is 1. The van der Waals surface area contributed by atoms with Crippen LogP contribution in [0.15, 0.2) is 72.4 Å². The van der Waals surface area contributed by atoms with Crippen LogP contribution in [-0.2, 0) is 0 Å². The van der Waals surface area contributed by atoms with Crippen LogP contribution in [0.3, 0.4) is 0 Å². The molecule has 0 spiro atoms. The molecule has 0 saturated heterocycles. The maximum atomic E-state index is 4.34. The van der Waals surface area contributed by atoms with E-state index in [9.17, 15) is 0 Å². The molecule has 2 nitrogen and oxygen atoms in total. The van der Waals surface area contributed by atoms with Crippen molar-refractivity contribution in [2.24, 2.45) is 4.99 Å². The Morgan fingerprint density at radius 2 is 2.07 bits per heavy atom. The highest BCUT2D eigenvalue weighted by atomic mass is 15.0. The number of aryl methyl sites for hydroxylation is 1. The summed E-state index contributed by atoms with van der Waals surface area (Å²) in [7, 11) is 0. The van der Waals surface area contributed by atoms with Gasteiger partial charge in [0.15, 0.2) is 0 Å². The molecule has 1 aromatic rings. The molecular weight excluding hydrogens is 340 g/mol. The molecule has 0 radical (unpaired) electrons. The van der Waals surface area contributed by atoms with E-state index in [4.69, 9.17) is 0 Å². The molecule has 0 aromatic heterocycles. The van der Waals surface area contributed by atoms with Gasteiger partial charge in [0.25, 0.3) is 0 Å². The lowest BCUT2D eigenvalue weighted by Crippen LogP contribution is -2.49. The Labute approximate surface area is 170 Å². The van der Waals surface area contributed by atoms with Crippen LogP contribution < -0.4 is 5.32 Å². The van der Waals surface area contributed by atoms with E-state index in [2.05, 4.69) is 79.8 Å². The van der Waals surface area contributed by atoms with Crippen LogP contribution in [0.25, 0.3) is 11.3 Å². The van der Waals surface area contributed by atoms with Crippen LogP contribution >= 0.6 is 0 Å². The second kappa shape index (κ2) is 8.60. The van der Waals surface area contributed by atoms with Gasteiger partial charge in [0.05, 0.1) is 0 Å². The van der Waals surface area contributed by atoms with Gasteiger partial charge in [0.2, 0.25) is 0 Å². The highest BCUT2D eigenvalue weighted by molar-refractivity contribution is 5.94. The molecule has 2 heteroatoms. The molecule has 2 aliphatic carbocycles. The molecule has 0 aliphatic heterocycles. The lowest BCUT2D eigenvalue weighted by molar-refractivity contribution is 0.205. The Morgan fingerprint density at radius 3 is 2.64 bits per heavy atom. The quantitative estimate of drug-likeness (QED) is 0.525. The van der Waals surface area contributed by atoms with Gasteiger partial charge in [-0.3, -0.25) is 4.99 Å². The summed E-state index contributed by atoms with van der Waals surface area (Å²) in [5.74, 6) is 0. The number of nitrogens with zero attached hydrogens (tertiary/aromatic N) is 1. The van der Waals surface area contributed by atoms with Gasteiger partial charge in [-0.15, -0.1) is 0 Å². The fraction of sp³-hybridized carbons (Fsp3) is 0.346. The topological polar surface area (TPSA) is 24.4 Å². The average molecular weight is 373 g/mol. The highest BCUT2D eigenvalue weighted by Crippen LogP contribution is 2.37. The van der Waals surface area contributed by atoms with E-state index >= 15 is 0 Å². The van der Waals surface area contributed by atoms with Gasteiger partial charge in [0, 0.05) is 23.1 Å². The van der Waals surface area contributed by atoms with Gasteiger partial charge < -0.3 is 5.32 Å². The van der Waals surface area contributed by atoms with Crippen molar-refractivity contribution in [3.63, 3.8) is 0 Å². The van der Waals surface area contributed by atoms with Crippen molar-refractivity contribution in [2.75, 3.05) is 0 Å². The van der Waals surface area contributed by atoms with Gasteiger partial charge in [-0.05, 0) is 85.9 Å². The fourth-order valence-electron chi connectivity index (χ4n) is 4.00. The van der Waals surface area contributed by atoms with Gasteiger partial charge in [0.1, 0.15) is 0 Å². The average Bonchev–Trinajstić information content (AvgIpc) is 2.66. The zero-order chi connectivity index (χ0) is 20.1. The molecular formula is C26H32N2. The molecule has 1 fully saturated rings. The summed E-state index contributed by atoms with van der Waals surface area (Å²) in [5, 5.41) is 3.72. The molecule has 0 bridgehead atoms. The Morgan fingerprint density at radius 1 is 1.29 bits per heavy atom. The number of aliphatic imine (C=N–C) groups is 1. The summed E-state index contributed by atoms with van der Waals surface area (Å²) in [6, 6.07) is 6.67. The molecule has 1 saturated carbocycles. The lowest BCUT2D eigenvalue weighted by Gasteiger charge is -2.43. The van der Waals surface area contributed by atoms with Crippen LogP contribution in [0.5, 0.6) is 0 Å². The van der Waals surface area contributed by atoms with E-state index in [-0.39, 0.29) is 5.54 Å². The first-order valence-electron chi connectivity index (χ1n) is 10.3. The van der Waals surface area contributed by atoms with Crippen molar-refractivity contribution >= 4 is 17.0 Å². The molecule has 28 heavy (non-hydrogen) atoms. The van der Waals surface area contributed by atoms with Crippen molar-refractivity contribution < 1.29 is 0 Å². The molecule has 0 atom stereocenters. The number of allylic oxidation sites excluding steroid dienone is 6. The zero-order valence-electron chi connectivity index (χ0n) is 17.5. The predicted octanol–water partition coefficient (Wildman–Crippen LogP) is 6.76. The first-order valence-corrected chi connectivity index (χ1v) is 10.3. The second-order valence-electron chi connectivity index (χ2n) is 7.99. The van der Waals surface area contributed by atoms with E-state index in [1.165, 1.54) is 47.1 Å². The third kappa shape index (κ3) is 4.44. The second-order valence-corrected chi connectivity index (χ2v) is 7.99. The molecule has 0 amide bonds. The van der Waals surface area contributed by atoms with E-state index in [0.29, 0.717) is 0 Å². The third-order valence-electron chi connectivity index (χ3n) is 6.02.